The van der Waals surface area contributed by atoms with E-state index in [0.29, 0.717) is 38.5 Å². The van der Waals surface area contributed by atoms with Crippen molar-refractivity contribution in [2.75, 3.05) is 13.2 Å². The maximum atomic E-state index is 11.2. The summed E-state index contributed by atoms with van der Waals surface area (Å²) in [5.41, 5.74) is 0. The van der Waals surface area contributed by atoms with Crippen molar-refractivity contribution < 1.29 is 19.1 Å². The number of nitriles is 2. The van der Waals surface area contributed by atoms with E-state index in [0.717, 1.165) is 0 Å². The number of esters is 2. The molecule has 110 valence electrons. The molecule has 0 spiro atoms. The number of carbonyl (C=O) groups is 2. The van der Waals surface area contributed by atoms with E-state index in [4.69, 9.17) is 20.0 Å². The van der Waals surface area contributed by atoms with Crippen molar-refractivity contribution in [3.05, 3.63) is 0 Å². The molecule has 6 heteroatoms. The highest BCUT2D eigenvalue weighted by Gasteiger charge is 2.05. The summed E-state index contributed by atoms with van der Waals surface area (Å²) >= 11 is 0. The van der Waals surface area contributed by atoms with Gasteiger partial charge in [-0.15, -0.1) is 0 Å². The van der Waals surface area contributed by atoms with Crippen LogP contribution in [0.1, 0.15) is 51.4 Å². The van der Waals surface area contributed by atoms with Gasteiger partial charge < -0.3 is 9.47 Å². The molecule has 0 unspecified atom stereocenters. The van der Waals surface area contributed by atoms with Crippen LogP contribution in [-0.4, -0.2) is 25.2 Å². The number of nitrogens with zero attached hydrogens (tertiary/aromatic N) is 2. The van der Waals surface area contributed by atoms with Gasteiger partial charge in [-0.05, 0) is 25.7 Å². The van der Waals surface area contributed by atoms with Gasteiger partial charge in [0.25, 0.3) is 0 Å². The second-order valence-corrected chi connectivity index (χ2v) is 4.17. The van der Waals surface area contributed by atoms with E-state index in [2.05, 4.69) is 0 Å². The van der Waals surface area contributed by atoms with Crippen LogP contribution in [-0.2, 0) is 19.1 Å². The molecule has 0 aromatic rings. The smallest absolute Gasteiger partial charge is 0.305 e. The largest absolute Gasteiger partial charge is 0.466 e. The highest BCUT2D eigenvalue weighted by atomic mass is 16.5. The second-order valence-electron chi connectivity index (χ2n) is 4.17. The number of ether oxygens (including phenoxy) is 2. The van der Waals surface area contributed by atoms with Gasteiger partial charge in [0.05, 0.1) is 25.4 Å². The highest BCUT2D eigenvalue weighted by molar-refractivity contribution is 5.70. The summed E-state index contributed by atoms with van der Waals surface area (Å²) in [6, 6.07) is 3.94. The molecule has 0 aliphatic rings. The Labute approximate surface area is 119 Å². The Kier molecular flexibility index (Phi) is 12.0. The summed E-state index contributed by atoms with van der Waals surface area (Å²) in [6.07, 6.45) is 3.56. The zero-order valence-electron chi connectivity index (χ0n) is 11.6. The minimum absolute atomic E-state index is 0.271. The fourth-order valence-corrected chi connectivity index (χ4v) is 1.36. The molecule has 0 aliphatic carbocycles. The van der Waals surface area contributed by atoms with E-state index < -0.39 is 0 Å². The molecule has 6 nitrogen and oxygen atoms in total. The molecule has 0 heterocycles. The molecule has 0 rings (SSSR count). The quantitative estimate of drug-likeness (QED) is 0.425. The van der Waals surface area contributed by atoms with Crippen LogP contribution in [0.3, 0.4) is 0 Å². The van der Waals surface area contributed by atoms with Crippen molar-refractivity contribution in [1.82, 2.24) is 0 Å². The third-order valence-electron chi connectivity index (χ3n) is 2.40. The monoisotopic (exact) mass is 280 g/mol. The standard InChI is InChI=1S/C14H20N2O4/c15-9-3-5-11-19-13(17)7-1-2-8-14(18)20-12-6-4-10-16/h1-8,11-12H2. The Bertz CT molecular complexity index is 332. The predicted molar refractivity (Wildman–Crippen MR) is 70.1 cm³/mol. The van der Waals surface area contributed by atoms with Crippen LogP contribution in [0, 0.1) is 22.7 Å². The van der Waals surface area contributed by atoms with Gasteiger partial charge in [-0.3, -0.25) is 9.59 Å². The number of carbonyl (C=O) groups excluding carboxylic acids is 2. The summed E-state index contributed by atoms with van der Waals surface area (Å²) in [7, 11) is 0. The lowest BCUT2D eigenvalue weighted by atomic mass is 10.2. The molecule has 0 saturated carbocycles. The van der Waals surface area contributed by atoms with E-state index in [-0.39, 0.29) is 38.0 Å². The van der Waals surface area contributed by atoms with Crippen molar-refractivity contribution in [3.63, 3.8) is 0 Å². The number of unbranched alkanes of at least 4 members (excludes halogenated alkanes) is 3. The molecule has 0 aromatic heterocycles. The normalized spacial score (nSPS) is 9.30. The molecule has 0 atom stereocenters. The van der Waals surface area contributed by atoms with E-state index in [1.165, 1.54) is 0 Å². The van der Waals surface area contributed by atoms with Crippen LogP contribution >= 0.6 is 0 Å². The SMILES string of the molecule is N#CCCCOC(=O)CCCCC(=O)OCCCC#N. The van der Waals surface area contributed by atoms with Gasteiger partial charge in [0.2, 0.25) is 0 Å². The third-order valence-corrected chi connectivity index (χ3v) is 2.40. The fraction of sp³-hybridized carbons (Fsp3) is 0.714. The van der Waals surface area contributed by atoms with E-state index in [1.54, 1.807) is 0 Å². The first-order chi connectivity index (χ1) is 9.70. The van der Waals surface area contributed by atoms with Crippen molar-refractivity contribution in [1.29, 1.82) is 10.5 Å². The van der Waals surface area contributed by atoms with Crippen molar-refractivity contribution in [2.45, 2.75) is 51.4 Å². The summed E-state index contributed by atoms with van der Waals surface area (Å²) in [4.78, 5) is 22.5. The molecule has 0 amide bonds. The average Bonchev–Trinajstić information content (AvgIpc) is 2.44. The molecule has 0 bridgehead atoms. The molecule has 0 radical (unpaired) electrons. The highest BCUT2D eigenvalue weighted by Crippen LogP contribution is 2.04. The van der Waals surface area contributed by atoms with Gasteiger partial charge in [-0.25, -0.2) is 0 Å². The Balaban J connectivity index is 3.38. The lowest BCUT2D eigenvalue weighted by Crippen LogP contribution is -2.08. The Hall–Kier alpha value is -2.08. The molecule has 0 saturated heterocycles. The zero-order chi connectivity index (χ0) is 15.1. The van der Waals surface area contributed by atoms with Gasteiger partial charge in [0, 0.05) is 25.7 Å². The van der Waals surface area contributed by atoms with Gasteiger partial charge in [0.15, 0.2) is 0 Å². The molecule has 0 fully saturated rings. The summed E-state index contributed by atoms with van der Waals surface area (Å²) < 4.78 is 9.81. The van der Waals surface area contributed by atoms with E-state index in [9.17, 15) is 9.59 Å². The molecule has 0 aromatic carbocycles. The van der Waals surface area contributed by atoms with E-state index >= 15 is 0 Å². The first-order valence-corrected chi connectivity index (χ1v) is 6.76. The van der Waals surface area contributed by atoms with Crippen LogP contribution in [0.2, 0.25) is 0 Å². The van der Waals surface area contributed by atoms with Gasteiger partial charge in [0.1, 0.15) is 0 Å². The number of hydrogen-bond donors (Lipinski definition) is 0. The van der Waals surface area contributed by atoms with Crippen molar-refractivity contribution in [2.24, 2.45) is 0 Å². The van der Waals surface area contributed by atoms with Crippen LogP contribution in [0.15, 0.2) is 0 Å². The first kappa shape index (κ1) is 17.9. The average molecular weight is 280 g/mol. The maximum absolute atomic E-state index is 11.2. The Morgan fingerprint density at radius 1 is 0.750 bits per heavy atom. The first-order valence-electron chi connectivity index (χ1n) is 6.76. The molecule has 0 N–H and O–H groups in total. The molecule has 0 aliphatic heterocycles. The Morgan fingerprint density at radius 2 is 1.15 bits per heavy atom. The minimum Gasteiger partial charge on any atom is -0.466 e. The third kappa shape index (κ3) is 12.4. The molecule has 20 heavy (non-hydrogen) atoms. The second kappa shape index (κ2) is 13.4. The van der Waals surface area contributed by atoms with Crippen molar-refractivity contribution in [3.8, 4) is 12.1 Å². The topological polar surface area (TPSA) is 100 Å². The number of hydrogen-bond acceptors (Lipinski definition) is 6. The van der Waals surface area contributed by atoms with Crippen LogP contribution in [0.25, 0.3) is 0 Å². The van der Waals surface area contributed by atoms with Crippen LogP contribution in [0.4, 0.5) is 0 Å². The molecular weight excluding hydrogens is 260 g/mol. The summed E-state index contributed by atoms with van der Waals surface area (Å²) in [6.45, 7) is 0.542. The van der Waals surface area contributed by atoms with Crippen molar-refractivity contribution >= 4 is 11.9 Å². The van der Waals surface area contributed by atoms with E-state index in [1.807, 2.05) is 12.1 Å². The Morgan fingerprint density at radius 3 is 1.50 bits per heavy atom. The fourth-order valence-electron chi connectivity index (χ4n) is 1.36. The summed E-state index contributed by atoms with van der Waals surface area (Å²) in [5.74, 6) is -0.601. The van der Waals surface area contributed by atoms with Gasteiger partial charge >= 0.3 is 11.9 Å². The van der Waals surface area contributed by atoms with Crippen LogP contribution < -0.4 is 0 Å². The summed E-state index contributed by atoms with van der Waals surface area (Å²) in [5, 5.41) is 16.6. The lowest BCUT2D eigenvalue weighted by Gasteiger charge is -2.04. The molecular formula is C14H20N2O4. The van der Waals surface area contributed by atoms with Gasteiger partial charge in [-0.2, -0.15) is 10.5 Å². The number of rotatable bonds is 11. The van der Waals surface area contributed by atoms with Crippen LogP contribution in [0.5, 0.6) is 0 Å². The maximum Gasteiger partial charge on any atom is 0.305 e. The minimum atomic E-state index is -0.301. The zero-order valence-corrected chi connectivity index (χ0v) is 11.6. The van der Waals surface area contributed by atoms with Gasteiger partial charge in [-0.1, -0.05) is 0 Å². The lowest BCUT2D eigenvalue weighted by molar-refractivity contribution is -0.146. The predicted octanol–water partition coefficient (Wildman–Crippen LogP) is 2.24.